The van der Waals surface area contributed by atoms with Crippen LogP contribution in [0.5, 0.6) is 5.75 Å². The number of carbonyl (C=O) groups is 3. The van der Waals surface area contributed by atoms with Crippen LogP contribution in [0.25, 0.3) is 0 Å². The molecule has 3 atom stereocenters. The fourth-order valence-corrected chi connectivity index (χ4v) is 4.61. The van der Waals surface area contributed by atoms with Crippen molar-refractivity contribution >= 4 is 17.9 Å². The molecule has 3 amide bonds. The second-order valence-electron chi connectivity index (χ2n) is 12.1. The Morgan fingerprint density at radius 1 is 0.951 bits per heavy atom. The van der Waals surface area contributed by atoms with Crippen molar-refractivity contribution < 1.29 is 24.2 Å². The molecule has 0 saturated heterocycles. The summed E-state index contributed by atoms with van der Waals surface area (Å²) >= 11 is 0. The molecule has 41 heavy (non-hydrogen) atoms. The second kappa shape index (κ2) is 16.0. The van der Waals surface area contributed by atoms with Crippen molar-refractivity contribution in [1.82, 2.24) is 15.5 Å². The summed E-state index contributed by atoms with van der Waals surface area (Å²) in [6.45, 7) is 13.9. The Labute approximate surface area is 245 Å². The number of carbonyl (C=O) groups excluding carboxylic acids is 3. The Morgan fingerprint density at radius 2 is 1.59 bits per heavy atom. The quantitative estimate of drug-likeness (QED) is 0.238. The fraction of sp³-hybridized carbons (Fsp3) is 0.545. The first-order valence-electron chi connectivity index (χ1n) is 14.7. The summed E-state index contributed by atoms with van der Waals surface area (Å²) in [6.07, 6.45) is 2.64. The van der Waals surface area contributed by atoms with Gasteiger partial charge in [-0.05, 0) is 64.5 Å². The van der Waals surface area contributed by atoms with Crippen molar-refractivity contribution in [3.05, 3.63) is 65.7 Å². The van der Waals surface area contributed by atoms with Gasteiger partial charge in [0.15, 0.2) is 0 Å². The van der Waals surface area contributed by atoms with E-state index in [2.05, 4.69) is 24.5 Å². The molecular formula is C33H49N3O5. The van der Waals surface area contributed by atoms with E-state index in [9.17, 15) is 19.5 Å². The standard InChI is InChI=1S/C33H49N3O5/c1-8-9-21-34-30(38)29(26-17-13-14-18-28(26)37)36(24(4)20-19-23(2)3)31(39)27(22-25-15-11-10-12-16-25)35-32(40)41-33(5,6)7/h10-18,23-24,27,29,37H,8-9,19-22H2,1-7H3,(H,34,38)(H,35,40). The lowest BCUT2D eigenvalue weighted by molar-refractivity contribution is -0.145. The fourth-order valence-electron chi connectivity index (χ4n) is 4.61. The van der Waals surface area contributed by atoms with Gasteiger partial charge in [0.1, 0.15) is 23.4 Å². The van der Waals surface area contributed by atoms with Crippen LogP contribution in [0.1, 0.15) is 91.3 Å². The number of unbranched alkanes of at least 4 members (excludes halogenated alkanes) is 1. The molecule has 0 radical (unpaired) electrons. The Hall–Kier alpha value is -3.55. The summed E-state index contributed by atoms with van der Waals surface area (Å²) < 4.78 is 5.51. The van der Waals surface area contributed by atoms with Crippen molar-refractivity contribution in [2.45, 2.75) is 104 Å². The zero-order valence-corrected chi connectivity index (χ0v) is 25.8. The van der Waals surface area contributed by atoms with Crippen molar-refractivity contribution in [3.63, 3.8) is 0 Å². The van der Waals surface area contributed by atoms with Gasteiger partial charge < -0.3 is 25.4 Å². The van der Waals surface area contributed by atoms with E-state index in [0.717, 1.165) is 24.8 Å². The Kier molecular flexibility index (Phi) is 13.2. The van der Waals surface area contributed by atoms with Gasteiger partial charge in [0, 0.05) is 24.6 Å². The number of rotatable bonds is 14. The number of hydrogen-bond donors (Lipinski definition) is 3. The van der Waals surface area contributed by atoms with Gasteiger partial charge in [0.05, 0.1) is 0 Å². The van der Waals surface area contributed by atoms with E-state index in [1.165, 1.54) is 6.07 Å². The topological polar surface area (TPSA) is 108 Å². The predicted molar refractivity (Wildman–Crippen MR) is 162 cm³/mol. The van der Waals surface area contributed by atoms with E-state index < -0.39 is 29.7 Å². The van der Waals surface area contributed by atoms with Gasteiger partial charge in [-0.25, -0.2) is 4.79 Å². The Bertz CT molecular complexity index is 1110. The van der Waals surface area contributed by atoms with E-state index in [-0.39, 0.29) is 24.1 Å². The summed E-state index contributed by atoms with van der Waals surface area (Å²) in [6, 6.07) is 13.5. The zero-order chi connectivity index (χ0) is 30.6. The number of nitrogens with zero attached hydrogens (tertiary/aromatic N) is 1. The van der Waals surface area contributed by atoms with E-state index in [0.29, 0.717) is 24.4 Å². The van der Waals surface area contributed by atoms with Crippen molar-refractivity contribution in [1.29, 1.82) is 0 Å². The van der Waals surface area contributed by atoms with E-state index >= 15 is 0 Å². The predicted octanol–water partition coefficient (Wildman–Crippen LogP) is 6.14. The third kappa shape index (κ3) is 11.1. The van der Waals surface area contributed by atoms with Crippen LogP contribution in [0.15, 0.2) is 54.6 Å². The lowest BCUT2D eigenvalue weighted by Gasteiger charge is -2.39. The molecule has 2 aromatic carbocycles. The van der Waals surface area contributed by atoms with Gasteiger partial charge in [-0.2, -0.15) is 0 Å². The number of amides is 3. The van der Waals surface area contributed by atoms with Crippen LogP contribution >= 0.6 is 0 Å². The smallest absolute Gasteiger partial charge is 0.408 e. The average Bonchev–Trinajstić information content (AvgIpc) is 2.89. The summed E-state index contributed by atoms with van der Waals surface area (Å²) in [7, 11) is 0. The highest BCUT2D eigenvalue weighted by atomic mass is 16.6. The largest absolute Gasteiger partial charge is 0.508 e. The number of alkyl carbamates (subject to hydrolysis) is 1. The molecule has 0 aliphatic heterocycles. The minimum atomic E-state index is -1.10. The first-order chi connectivity index (χ1) is 19.3. The minimum absolute atomic E-state index is 0.0725. The third-order valence-electron chi connectivity index (χ3n) is 6.75. The molecular weight excluding hydrogens is 518 g/mol. The number of benzene rings is 2. The molecule has 3 N–H and O–H groups in total. The van der Waals surface area contributed by atoms with Crippen LogP contribution in [0.4, 0.5) is 4.79 Å². The SMILES string of the molecule is CCCCNC(=O)C(c1ccccc1O)N(C(=O)C(Cc1ccccc1)NC(=O)OC(C)(C)C)C(C)CCC(C)C. The minimum Gasteiger partial charge on any atom is -0.508 e. The highest BCUT2D eigenvalue weighted by molar-refractivity contribution is 5.93. The number of aromatic hydroxyl groups is 1. The number of phenols is 1. The molecule has 0 aliphatic carbocycles. The van der Waals surface area contributed by atoms with Gasteiger partial charge in [-0.15, -0.1) is 0 Å². The molecule has 226 valence electrons. The van der Waals surface area contributed by atoms with E-state index in [4.69, 9.17) is 4.74 Å². The second-order valence-corrected chi connectivity index (χ2v) is 12.1. The molecule has 3 unspecified atom stereocenters. The van der Waals surface area contributed by atoms with Crippen LogP contribution < -0.4 is 10.6 Å². The molecule has 0 fully saturated rings. The molecule has 0 spiro atoms. The van der Waals surface area contributed by atoms with Gasteiger partial charge in [-0.1, -0.05) is 75.7 Å². The molecule has 0 aliphatic rings. The normalized spacial score (nSPS) is 13.7. The van der Waals surface area contributed by atoms with E-state index in [1.807, 2.05) is 44.2 Å². The maximum Gasteiger partial charge on any atom is 0.408 e. The first-order valence-corrected chi connectivity index (χ1v) is 14.7. The van der Waals surface area contributed by atoms with Gasteiger partial charge in [0.2, 0.25) is 11.8 Å². The summed E-state index contributed by atoms with van der Waals surface area (Å²) in [5.74, 6) is -0.483. The molecule has 0 bridgehead atoms. The maximum atomic E-state index is 14.6. The van der Waals surface area contributed by atoms with Crippen LogP contribution in [0.3, 0.4) is 0 Å². The molecule has 8 nitrogen and oxygen atoms in total. The maximum absolute atomic E-state index is 14.6. The molecule has 8 heteroatoms. The zero-order valence-electron chi connectivity index (χ0n) is 25.8. The van der Waals surface area contributed by atoms with E-state index in [1.54, 1.807) is 43.9 Å². The number of nitrogens with one attached hydrogen (secondary N) is 2. The van der Waals surface area contributed by atoms with Crippen LogP contribution in [-0.2, 0) is 20.7 Å². The number of para-hydroxylation sites is 1. The Morgan fingerprint density at radius 3 is 2.17 bits per heavy atom. The number of ether oxygens (including phenoxy) is 1. The highest BCUT2D eigenvalue weighted by Gasteiger charge is 2.39. The van der Waals surface area contributed by atoms with Crippen molar-refractivity contribution in [3.8, 4) is 5.75 Å². The van der Waals surface area contributed by atoms with Gasteiger partial charge in [0.25, 0.3) is 0 Å². The van der Waals surface area contributed by atoms with Crippen molar-refractivity contribution in [2.75, 3.05) is 6.54 Å². The number of phenolic OH excluding ortho intramolecular Hbond substituents is 1. The third-order valence-corrected chi connectivity index (χ3v) is 6.75. The summed E-state index contributed by atoms with van der Waals surface area (Å²) in [5, 5.41) is 16.6. The lowest BCUT2D eigenvalue weighted by Crippen LogP contribution is -2.56. The van der Waals surface area contributed by atoms with Crippen molar-refractivity contribution in [2.24, 2.45) is 5.92 Å². The lowest BCUT2D eigenvalue weighted by atomic mass is 9.95. The summed E-state index contributed by atoms with van der Waals surface area (Å²) in [4.78, 5) is 42.9. The highest BCUT2D eigenvalue weighted by Crippen LogP contribution is 2.32. The number of hydrogen-bond acceptors (Lipinski definition) is 5. The first kappa shape index (κ1) is 33.7. The van der Waals surface area contributed by atoms with Crippen LogP contribution in [-0.4, -0.2) is 52.1 Å². The monoisotopic (exact) mass is 567 g/mol. The molecule has 2 rings (SSSR count). The average molecular weight is 568 g/mol. The molecule has 2 aromatic rings. The molecule has 0 saturated carbocycles. The summed E-state index contributed by atoms with van der Waals surface area (Å²) in [5.41, 5.74) is 0.428. The van der Waals surface area contributed by atoms with Crippen LogP contribution in [0.2, 0.25) is 0 Å². The van der Waals surface area contributed by atoms with Crippen LogP contribution in [0, 0.1) is 5.92 Å². The Balaban J connectivity index is 2.62. The molecule has 0 aromatic heterocycles. The van der Waals surface area contributed by atoms with Gasteiger partial charge in [-0.3, -0.25) is 9.59 Å². The van der Waals surface area contributed by atoms with Gasteiger partial charge >= 0.3 is 6.09 Å². The molecule has 0 heterocycles.